The van der Waals surface area contributed by atoms with Crippen molar-refractivity contribution in [2.24, 2.45) is 0 Å². The number of rotatable bonds is 2. The van der Waals surface area contributed by atoms with Crippen LogP contribution in [-0.2, 0) is 4.79 Å². The molecule has 0 amide bonds. The molecule has 0 radical (unpaired) electrons. The molecule has 26 heavy (non-hydrogen) atoms. The van der Waals surface area contributed by atoms with Gasteiger partial charge < -0.3 is 14.7 Å². The van der Waals surface area contributed by atoms with Crippen molar-refractivity contribution in [2.75, 3.05) is 19.6 Å². The number of ether oxygens (including phenoxy) is 1. The van der Waals surface area contributed by atoms with Gasteiger partial charge in [-0.3, -0.25) is 9.78 Å². The van der Waals surface area contributed by atoms with Gasteiger partial charge in [0.05, 0.1) is 10.9 Å². The van der Waals surface area contributed by atoms with Crippen LogP contribution >= 0.6 is 11.8 Å². The van der Waals surface area contributed by atoms with Crippen LogP contribution in [0.15, 0.2) is 12.1 Å². The second kappa shape index (κ2) is 8.61. The third kappa shape index (κ3) is 5.36. The molecule has 0 aromatic carbocycles. The van der Waals surface area contributed by atoms with Crippen LogP contribution in [0.25, 0.3) is 0 Å². The van der Waals surface area contributed by atoms with Gasteiger partial charge in [0.25, 0.3) is 6.47 Å². The molecule has 2 aliphatic heterocycles. The molecule has 1 N–H and O–H groups in total. The third-order valence-electron chi connectivity index (χ3n) is 4.92. The van der Waals surface area contributed by atoms with Crippen LogP contribution in [0, 0.1) is 6.92 Å². The number of carboxylic acid groups (broad SMARTS) is 1. The van der Waals surface area contributed by atoms with Crippen LogP contribution in [0.4, 0.5) is 0 Å². The monoisotopic (exact) mass is 380 g/mol. The maximum atomic E-state index is 8.36. The summed E-state index contributed by atoms with van der Waals surface area (Å²) in [6.45, 7) is 14.4. The minimum atomic E-state index is -0.250. The summed E-state index contributed by atoms with van der Waals surface area (Å²) in [6, 6.07) is 4.22. The van der Waals surface area contributed by atoms with Crippen molar-refractivity contribution < 1.29 is 14.6 Å². The summed E-state index contributed by atoms with van der Waals surface area (Å²) in [4.78, 5) is 15.7. The molecule has 1 saturated heterocycles. The molecule has 146 valence electrons. The maximum absolute atomic E-state index is 8.36. The van der Waals surface area contributed by atoms with E-state index in [0.717, 1.165) is 56.0 Å². The van der Waals surface area contributed by atoms with Gasteiger partial charge in [-0.05, 0) is 38.4 Å². The SMILES string of the molecule is CCN1CCC2(CC1)CC(SC(C)(C)C)c1nc(C)ccc1O2.O=CO. The Morgan fingerprint density at radius 3 is 2.54 bits per heavy atom. The Hall–Kier alpha value is -1.27. The average molecular weight is 381 g/mol. The first-order chi connectivity index (χ1) is 12.2. The molecule has 1 unspecified atom stereocenters. The van der Waals surface area contributed by atoms with Gasteiger partial charge in [0.1, 0.15) is 11.4 Å². The molecule has 0 aliphatic carbocycles. The third-order valence-corrected chi connectivity index (χ3v) is 6.31. The van der Waals surface area contributed by atoms with Crippen molar-refractivity contribution in [2.45, 2.75) is 69.5 Å². The van der Waals surface area contributed by atoms with Crippen molar-refractivity contribution in [1.29, 1.82) is 0 Å². The molecule has 1 fully saturated rings. The van der Waals surface area contributed by atoms with E-state index >= 15 is 0 Å². The number of piperidine rings is 1. The number of likely N-dealkylation sites (tertiary alicyclic amines) is 1. The number of hydrogen-bond acceptors (Lipinski definition) is 5. The molecule has 1 spiro atoms. The zero-order chi connectivity index (χ0) is 19.4. The van der Waals surface area contributed by atoms with Crippen molar-refractivity contribution in [3.8, 4) is 5.75 Å². The van der Waals surface area contributed by atoms with E-state index < -0.39 is 0 Å². The minimum absolute atomic E-state index is 0.0124. The number of thioether (sulfide) groups is 1. The van der Waals surface area contributed by atoms with Gasteiger partial charge in [-0.2, -0.15) is 0 Å². The lowest BCUT2D eigenvalue weighted by Gasteiger charge is -2.47. The summed E-state index contributed by atoms with van der Waals surface area (Å²) in [7, 11) is 0. The lowest BCUT2D eigenvalue weighted by molar-refractivity contribution is -0.122. The number of fused-ring (bicyclic) bond motifs is 1. The summed E-state index contributed by atoms with van der Waals surface area (Å²) in [6.07, 6.45) is 3.36. The minimum Gasteiger partial charge on any atom is -0.485 e. The summed E-state index contributed by atoms with van der Waals surface area (Å²) in [5.41, 5.74) is 2.26. The lowest BCUT2D eigenvalue weighted by atomic mass is 9.84. The molecule has 3 rings (SSSR count). The maximum Gasteiger partial charge on any atom is 0.290 e. The zero-order valence-corrected chi connectivity index (χ0v) is 17.4. The Labute approximate surface area is 161 Å². The van der Waals surface area contributed by atoms with Crippen LogP contribution in [0.5, 0.6) is 5.75 Å². The van der Waals surface area contributed by atoms with E-state index in [-0.39, 0.29) is 16.8 Å². The van der Waals surface area contributed by atoms with Gasteiger partial charge in [0.15, 0.2) is 0 Å². The molecule has 1 atom stereocenters. The number of carbonyl (C=O) groups is 1. The molecule has 5 nitrogen and oxygen atoms in total. The van der Waals surface area contributed by atoms with E-state index in [9.17, 15) is 0 Å². The van der Waals surface area contributed by atoms with Gasteiger partial charge in [0.2, 0.25) is 0 Å². The molecule has 0 bridgehead atoms. The summed E-state index contributed by atoms with van der Waals surface area (Å²) in [5, 5.41) is 7.33. The van der Waals surface area contributed by atoms with E-state index in [1.165, 1.54) is 0 Å². The van der Waals surface area contributed by atoms with E-state index in [2.05, 4.69) is 51.7 Å². The van der Waals surface area contributed by atoms with Crippen molar-refractivity contribution >= 4 is 18.2 Å². The number of aryl methyl sites for hydroxylation is 1. The van der Waals surface area contributed by atoms with E-state index in [4.69, 9.17) is 19.6 Å². The predicted octanol–water partition coefficient (Wildman–Crippen LogP) is 4.30. The molecule has 1 aromatic heterocycles. The van der Waals surface area contributed by atoms with Crippen molar-refractivity contribution in [1.82, 2.24) is 9.88 Å². The first-order valence-electron chi connectivity index (χ1n) is 9.36. The number of nitrogens with zero attached hydrogens (tertiary/aromatic N) is 2. The molecule has 2 aliphatic rings. The molecular formula is C20H32N2O3S. The van der Waals surface area contributed by atoms with Gasteiger partial charge in [-0.25, -0.2) is 0 Å². The number of pyridine rings is 1. The molecule has 0 saturated carbocycles. The molecule has 3 heterocycles. The number of hydrogen-bond donors (Lipinski definition) is 1. The van der Waals surface area contributed by atoms with Crippen LogP contribution < -0.4 is 4.74 Å². The summed E-state index contributed by atoms with van der Waals surface area (Å²) < 4.78 is 6.78. The average Bonchev–Trinajstić information content (AvgIpc) is 2.56. The fourth-order valence-electron chi connectivity index (χ4n) is 3.70. The topological polar surface area (TPSA) is 62.7 Å². The predicted molar refractivity (Wildman–Crippen MR) is 107 cm³/mol. The molecule has 1 aromatic rings. The van der Waals surface area contributed by atoms with E-state index in [0.29, 0.717) is 5.25 Å². The number of aromatic nitrogens is 1. The van der Waals surface area contributed by atoms with Crippen molar-refractivity contribution in [3.05, 3.63) is 23.5 Å². The Morgan fingerprint density at radius 1 is 1.38 bits per heavy atom. The quantitative estimate of drug-likeness (QED) is 0.772. The van der Waals surface area contributed by atoms with Gasteiger partial charge in [0, 0.05) is 30.0 Å². The van der Waals surface area contributed by atoms with Gasteiger partial charge in [-0.1, -0.05) is 27.7 Å². The largest absolute Gasteiger partial charge is 0.485 e. The van der Waals surface area contributed by atoms with Crippen LogP contribution in [0.3, 0.4) is 0 Å². The van der Waals surface area contributed by atoms with E-state index in [1.54, 1.807) is 0 Å². The van der Waals surface area contributed by atoms with E-state index in [1.807, 2.05) is 11.8 Å². The Morgan fingerprint density at radius 2 is 2.00 bits per heavy atom. The van der Waals surface area contributed by atoms with Crippen molar-refractivity contribution in [3.63, 3.8) is 0 Å². The fraction of sp³-hybridized carbons (Fsp3) is 0.700. The molecular weight excluding hydrogens is 348 g/mol. The van der Waals surface area contributed by atoms with Gasteiger partial charge >= 0.3 is 0 Å². The first-order valence-corrected chi connectivity index (χ1v) is 10.2. The summed E-state index contributed by atoms with van der Waals surface area (Å²) in [5.74, 6) is 1.02. The Bertz CT molecular complexity index is 608. The second-order valence-electron chi connectivity index (χ2n) is 8.08. The fourth-order valence-corrected chi connectivity index (χ4v) is 5.22. The normalized spacial score (nSPS) is 22.0. The highest BCUT2D eigenvalue weighted by Crippen LogP contribution is 2.51. The van der Waals surface area contributed by atoms with Gasteiger partial charge in [-0.15, -0.1) is 11.8 Å². The second-order valence-corrected chi connectivity index (χ2v) is 10.1. The highest BCUT2D eigenvalue weighted by atomic mass is 32.2. The standard InChI is InChI=1S/C19H30N2OS.CH2O2/c1-6-21-11-9-19(10-12-21)13-16(23-18(3,4)5)17-15(22-19)8-7-14(2)20-17;2-1-3/h7-8,16H,6,9-13H2,1-5H3;1H,(H,2,3). The Kier molecular flexibility index (Phi) is 6.97. The van der Waals surface area contributed by atoms with Crippen LogP contribution in [-0.4, -0.2) is 51.4 Å². The van der Waals surface area contributed by atoms with Crippen LogP contribution in [0.1, 0.15) is 63.6 Å². The highest BCUT2D eigenvalue weighted by Gasteiger charge is 2.44. The first kappa shape index (κ1) is 21.0. The summed E-state index contributed by atoms with van der Waals surface area (Å²) >= 11 is 2.05. The smallest absolute Gasteiger partial charge is 0.290 e. The zero-order valence-electron chi connectivity index (χ0n) is 16.6. The molecule has 6 heteroatoms. The Balaban J connectivity index is 0.000000758. The highest BCUT2D eigenvalue weighted by molar-refractivity contribution is 8.00. The van der Waals surface area contributed by atoms with Crippen LogP contribution in [0.2, 0.25) is 0 Å². The lowest BCUT2D eigenvalue weighted by Crippen LogP contribution is -2.50.